The van der Waals surface area contributed by atoms with E-state index >= 15 is 0 Å². The van der Waals surface area contributed by atoms with Crippen molar-refractivity contribution in [2.24, 2.45) is 5.92 Å². The van der Waals surface area contributed by atoms with Crippen molar-refractivity contribution >= 4 is 5.78 Å². The van der Waals surface area contributed by atoms with Crippen molar-refractivity contribution in [3.63, 3.8) is 0 Å². The molecule has 0 amide bonds. The molecule has 0 aliphatic carbocycles. The summed E-state index contributed by atoms with van der Waals surface area (Å²) in [6, 6.07) is 5.58. The molecule has 1 aromatic carbocycles. The van der Waals surface area contributed by atoms with Gasteiger partial charge in [-0.05, 0) is 37.1 Å². The Kier molecular flexibility index (Phi) is 3.89. The molecule has 2 heteroatoms. The number of hydrogen-bond donors (Lipinski definition) is 0. The fraction of sp³-hybridized carbons (Fsp3) is 0.462. The molecule has 1 aromatic rings. The summed E-state index contributed by atoms with van der Waals surface area (Å²) >= 11 is 0. The van der Waals surface area contributed by atoms with Crippen molar-refractivity contribution in [1.29, 1.82) is 0 Å². The van der Waals surface area contributed by atoms with Gasteiger partial charge in [0.25, 0.3) is 0 Å². The molecule has 0 aromatic heterocycles. The van der Waals surface area contributed by atoms with Crippen LogP contribution in [0, 0.1) is 12.8 Å². The molecule has 1 rings (SSSR count). The van der Waals surface area contributed by atoms with Gasteiger partial charge in [0, 0.05) is 11.5 Å². The zero-order chi connectivity index (χ0) is 11.4. The van der Waals surface area contributed by atoms with E-state index in [0.717, 1.165) is 23.3 Å². The van der Waals surface area contributed by atoms with Gasteiger partial charge in [-0.15, -0.1) is 0 Å². The molecule has 0 aliphatic rings. The average Bonchev–Trinajstić information content (AvgIpc) is 2.26. The van der Waals surface area contributed by atoms with Crippen molar-refractivity contribution in [1.82, 2.24) is 0 Å². The van der Waals surface area contributed by atoms with E-state index in [9.17, 15) is 4.79 Å². The Bertz CT molecular complexity index is 356. The highest BCUT2D eigenvalue weighted by atomic mass is 16.5. The molecule has 0 saturated carbocycles. The average molecular weight is 206 g/mol. The molecule has 82 valence electrons. The second kappa shape index (κ2) is 4.96. The van der Waals surface area contributed by atoms with Crippen LogP contribution in [0.3, 0.4) is 0 Å². The van der Waals surface area contributed by atoms with E-state index in [1.54, 1.807) is 7.11 Å². The van der Waals surface area contributed by atoms with Crippen molar-refractivity contribution < 1.29 is 9.53 Å². The van der Waals surface area contributed by atoms with Crippen molar-refractivity contribution in [3.05, 3.63) is 29.3 Å². The largest absolute Gasteiger partial charge is 0.497 e. The summed E-state index contributed by atoms with van der Waals surface area (Å²) in [5, 5.41) is 0. The molecular formula is C13H18O2. The highest BCUT2D eigenvalue weighted by molar-refractivity contribution is 5.99. The molecule has 0 saturated heterocycles. The molecule has 0 heterocycles. The van der Waals surface area contributed by atoms with Crippen molar-refractivity contribution in [3.8, 4) is 5.75 Å². The topological polar surface area (TPSA) is 26.3 Å². The van der Waals surface area contributed by atoms with Crippen molar-refractivity contribution in [2.75, 3.05) is 7.11 Å². The highest BCUT2D eigenvalue weighted by Crippen LogP contribution is 2.20. The van der Waals surface area contributed by atoms with E-state index in [1.807, 2.05) is 39.0 Å². The monoisotopic (exact) mass is 206 g/mol. The molecule has 1 atom stereocenters. The third kappa shape index (κ3) is 2.58. The summed E-state index contributed by atoms with van der Waals surface area (Å²) in [6.07, 6.45) is 0.879. The van der Waals surface area contributed by atoms with Crippen LogP contribution >= 0.6 is 0 Å². The van der Waals surface area contributed by atoms with Gasteiger partial charge in [0.05, 0.1) is 7.11 Å². The fourth-order valence-electron chi connectivity index (χ4n) is 1.49. The second-order valence-electron chi connectivity index (χ2n) is 3.85. The minimum atomic E-state index is 0.0945. The van der Waals surface area contributed by atoms with Crippen LogP contribution in [-0.2, 0) is 0 Å². The first-order valence-electron chi connectivity index (χ1n) is 5.29. The predicted molar refractivity (Wildman–Crippen MR) is 61.5 cm³/mol. The number of Topliss-reactive ketones (excluding diaryl/α,β-unsaturated/α-hetero) is 1. The normalized spacial score (nSPS) is 12.3. The molecule has 15 heavy (non-hydrogen) atoms. The molecule has 1 unspecified atom stereocenters. The molecule has 2 nitrogen and oxygen atoms in total. The maximum absolute atomic E-state index is 12.0. The van der Waals surface area contributed by atoms with Crippen LogP contribution in [0.1, 0.15) is 36.2 Å². The maximum Gasteiger partial charge on any atom is 0.165 e. The summed E-state index contributed by atoms with van der Waals surface area (Å²) in [4.78, 5) is 12.0. The zero-order valence-corrected chi connectivity index (χ0v) is 9.83. The van der Waals surface area contributed by atoms with Gasteiger partial charge in [-0.2, -0.15) is 0 Å². The van der Waals surface area contributed by atoms with Gasteiger partial charge in [-0.25, -0.2) is 0 Å². The molecule has 0 aliphatic heterocycles. The van der Waals surface area contributed by atoms with E-state index in [-0.39, 0.29) is 11.7 Å². The lowest BCUT2D eigenvalue weighted by Crippen LogP contribution is -2.11. The molecule has 0 fully saturated rings. The molecule has 0 spiro atoms. The van der Waals surface area contributed by atoms with Crippen LogP contribution in [0.4, 0.5) is 0 Å². The van der Waals surface area contributed by atoms with E-state index in [4.69, 9.17) is 4.74 Å². The lowest BCUT2D eigenvalue weighted by atomic mass is 9.94. The summed E-state index contributed by atoms with van der Waals surface area (Å²) in [5.74, 6) is 1.11. The fourth-order valence-corrected chi connectivity index (χ4v) is 1.49. The van der Waals surface area contributed by atoms with Gasteiger partial charge in [0.1, 0.15) is 5.75 Å². The summed E-state index contributed by atoms with van der Waals surface area (Å²) in [7, 11) is 1.63. The van der Waals surface area contributed by atoms with E-state index in [2.05, 4.69) is 0 Å². The standard InChI is InChI=1S/C13H18O2/c1-5-9(2)13(14)12-7-6-11(15-4)8-10(12)3/h6-9H,5H2,1-4H3. The molecular weight excluding hydrogens is 188 g/mol. The quantitative estimate of drug-likeness (QED) is 0.707. The van der Waals surface area contributed by atoms with E-state index in [0.29, 0.717) is 0 Å². The number of aryl methyl sites for hydroxylation is 1. The van der Waals surface area contributed by atoms with E-state index in [1.165, 1.54) is 0 Å². The number of carbonyl (C=O) groups excluding carboxylic acids is 1. The van der Waals surface area contributed by atoms with Crippen LogP contribution in [-0.4, -0.2) is 12.9 Å². The smallest absolute Gasteiger partial charge is 0.165 e. The number of rotatable bonds is 4. The zero-order valence-electron chi connectivity index (χ0n) is 9.83. The van der Waals surface area contributed by atoms with Gasteiger partial charge in [0.2, 0.25) is 0 Å². The van der Waals surface area contributed by atoms with Gasteiger partial charge in [0.15, 0.2) is 5.78 Å². The second-order valence-corrected chi connectivity index (χ2v) is 3.85. The first-order chi connectivity index (χ1) is 7.10. The number of ether oxygens (including phenoxy) is 1. The van der Waals surface area contributed by atoms with Gasteiger partial charge < -0.3 is 4.74 Å². The third-order valence-electron chi connectivity index (χ3n) is 2.76. The molecule has 0 radical (unpaired) electrons. The number of methoxy groups -OCH3 is 1. The Balaban J connectivity index is 3.00. The Labute approximate surface area is 91.3 Å². The van der Waals surface area contributed by atoms with Crippen molar-refractivity contribution in [2.45, 2.75) is 27.2 Å². The highest BCUT2D eigenvalue weighted by Gasteiger charge is 2.15. The van der Waals surface area contributed by atoms with Crippen LogP contribution in [0.5, 0.6) is 5.75 Å². The lowest BCUT2D eigenvalue weighted by molar-refractivity contribution is 0.0926. The Morgan fingerprint density at radius 2 is 2.13 bits per heavy atom. The number of benzene rings is 1. The van der Waals surface area contributed by atoms with Gasteiger partial charge in [-0.3, -0.25) is 4.79 Å². The Morgan fingerprint density at radius 3 is 2.60 bits per heavy atom. The van der Waals surface area contributed by atoms with Crippen LogP contribution < -0.4 is 4.74 Å². The molecule has 0 N–H and O–H groups in total. The van der Waals surface area contributed by atoms with Crippen LogP contribution in [0.15, 0.2) is 18.2 Å². The summed E-state index contributed by atoms with van der Waals surface area (Å²) in [5.41, 5.74) is 1.80. The Hall–Kier alpha value is -1.31. The summed E-state index contributed by atoms with van der Waals surface area (Å²) < 4.78 is 5.11. The summed E-state index contributed by atoms with van der Waals surface area (Å²) in [6.45, 7) is 5.94. The van der Waals surface area contributed by atoms with Gasteiger partial charge >= 0.3 is 0 Å². The van der Waals surface area contributed by atoms with E-state index < -0.39 is 0 Å². The number of hydrogen-bond acceptors (Lipinski definition) is 2. The van der Waals surface area contributed by atoms with Crippen LogP contribution in [0.2, 0.25) is 0 Å². The maximum atomic E-state index is 12.0. The van der Waals surface area contributed by atoms with Crippen LogP contribution in [0.25, 0.3) is 0 Å². The third-order valence-corrected chi connectivity index (χ3v) is 2.76. The van der Waals surface area contributed by atoms with Gasteiger partial charge in [-0.1, -0.05) is 13.8 Å². The number of carbonyl (C=O) groups is 1. The lowest BCUT2D eigenvalue weighted by Gasteiger charge is -2.11. The molecule has 0 bridgehead atoms. The minimum absolute atomic E-state index is 0.0945. The predicted octanol–water partition coefficient (Wildman–Crippen LogP) is 3.23. The Morgan fingerprint density at radius 1 is 1.47 bits per heavy atom. The first-order valence-corrected chi connectivity index (χ1v) is 5.29. The minimum Gasteiger partial charge on any atom is -0.497 e. The SMILES string of the molecule is CCC(C)C(=O)c1ccc(OC)cc1C. The first kappa shape index (κ1) is 11.8. The number of ketones is 1.